The van der Waals surface area contributed by atoms with Gasteiger partial charge in [-0.2, -0.15) is 0 Å². The molecule has 2 unspecified atom stereocenters. The minimum absolute atomic E-state index is 0.193. The van der Waals surface area contributed by atoms with Crippen LogP contribution in [0.15, 0.2) is 18.2 Å². The molecule has 0 heterocycles. The van der Waals surface area contributed by atoms with Crippen LogP contribution in [0, 0.1) is 11.7 Å². The van der Waals surface area contributed by atoms with E-state index in [1.165, 1.54) is 12.1 Å². The Morgan fingerprint density at radius 2 is 2.25 bits per heavy atom. The Balaban J connectivity index is 2.08. The summed E-state index contributed by atoms with van der Waals surface area (Å²) in [6.07, 6.45) is 3.18. The maximum Gasteiger partial charge on any atom is 0.125 e. The number of aliphatic hydroxyl groups is 1. The highest BCUT2D eigenvalue weighted by Crippen LogP contribution is 2.30. The quantitative estimate of drug-likeness (QED) is 0.688. The van der Waals surface area contributed by atoms with Gasteiger partial charge in [-0.05, 0) is 31.0 Å². The summed E-state index contributed by atoms with van der Waals surface area (Å²) in [5, 5.41) is 12.5. The highest BCUT2D eigenvalue weighted by Gasteiger charge is 2.26. The van der Waals surface area contributed by atoms with Gasteiger partial charge in [0.1, 0.15) is 5.82 Å². The van der Waals surface area contributed by atoms with Crippen molar-refractivity contribution in [2.45, 2.75) is 25.3 Å². The third kappa shape index (κ3) is 2.27. The summed E-state index contributed by atoms with van der Waals surface area (Å²) in [6, 6.07) is 4.60. The monoisotopic (exact) mass is 224 g/mol. The number of rotatable bonds is 3. The lowest BCUT2D eigenvalue weighted by atomic mass is 10.0. The van der Waals surface area contributed by atoms with Crippen LogP contribution in [0.25, 0.3) is 0 Å². The predicted molar refractivity (Wildman–Crippen MR) is 62.6 cm³/mol. The molecule has 1 fully saturated rings. The third-order valence-electron chi connectivity index (χ3n) is 3.25. The summed E-state index contributed by atoms with van der Waals surface area (Å²) in [5.41, 5.74) is 6.90. The number of nitrogens with two attached hydrogens (primary N) is 1. The molecule has 0 bridgehead atoms. The number of aliphatic hydroxyl groups excluding tert-OH is 1. The average molecular weight is 224 g/mol. The van der Waals surface area contributed by atoms with Crippen LogP contribution >= 0.6 is 0 Å². The average Bonchev–Trinajstić information content (AvgIpc) is 2.69. The van der Waals surface area contributed by atoms with E-state index in [2.05, 4.69) is 5.32 Å². The van der Waals surface area contributed by atoms with Crippen molar-refractivity contribution in [1.82, 2.24) is 0 Å². The van der Waals surface area contributed by atoms with E-state index in [9.17, 15) is 9.50 Å². The van der Waals surface area contributed by atoms with E-state index in [0.717, 1.165) is 24.9 Å². The van der Waals surface area contributed by atoms with E-state index < -0.39 is 0 Å². The summed E-state index contributed by atoms with van der Waals surface area (Å²) < 4.78 is 12.9. The topological polar surface area (TPSA) is 58.3 Å². The van der Waals surface area contributed by atoms with Gasteiger partial charge in [0.25, 0.3) is 0 Å². The van der Waals surface area contributed by atoms with Crippen molar-refractivity contribution in [2.24, 2.45) is 5.92 Å². The van der Waals surface area contributed by atoms with Gasteiger partial charge in [0.05, 0.1) is 11.4 Å². The maximum absolute atomic E-state index is 12.9. The molecule has 3 nitrogen and oxygen atoms in total. The predicted octanol–water partition coefficient (Wildman–Crippen LogP) is 1.98. The van der Waals surface area contributed by atoms with E-state index in [-0.39, 0.29) is 24.4 Å². The highest BCUT2D eigenvalue weighted by atomic mass is 19.1. The van der Waals surface area contributed by atoms with Crippen molar-refractivity contribution in [3.8, 4) is 0 Å². The van der Waals surface area contributed by atoms with E-state index in [1.807, 2.05) is 0 Å². The molecule has 1 saturated carbocycles. The van der Waals surface area contributed by atoms with Crippen LogP contribution in [0.3, 0.4) is 0 Å². The molecule has 4 N–H and O–H groups in total. The van der Waals surface area contributed by atoms with E-state index in [1.54, 1.807) is 6.07 Å². The fraction of sp³-hybridized carbons (Fsp3) is 0.500. The molecule has 1 aliphatic carbocycles. The molecule has 0 aliphatic heterocycles. The Bertz CT molecular complexity index is 370. The molecule has 88 valence electrons. The molecular weight excluding hydrogens is 207 g/mol. The number of benzene rings is 1. The molecule has 0 spiro atoms. The first-order chi connectivity index (χ1) is 7.70. The Morgan fingerprint density at radius 3 is 2.94 bits per heavy atom. The number of hydrogen-bond donors (Lipinski definition) is 3. The van der Waals surface area contributed by atoms with Crippen LogP contribution in [0.1, 0.15) is 19.3 Å². The van der Waals surface area contributed by atoms with Crippen LogP contribution in [0.4, 0.5) is 15.8 Å². The summed E-state index contributed by atoms with van der Waals surface area (Å²) in [6.45, 7) is 0.193. The smallest absolute Gasteiger partial charge is 0.125 e. The summed E-state index contributed by atoms with van der Waals surface area (Å²) in [4.78, 5) is 0. The first kappa shape index (κ1) is 11.2. The van der Waals surface area contributed by atoms with E-state index in [0.29, 0.717) is 5.69 Å². The maximum atomic E-state index is 12.9. The van der Waals surface area contributed by atoms with Gasteiger partial charge in [-0.15, -0.1) is 0 Å². The molecule has 2 atom stereocenters. The largest absolute Gasteiger partial charge is 0.397 e. The molecule has 1 aliphatic rings. The summed E-state index contributed by atoms with van der Waals surface area (Å²) in [5.74, 6) is -0.0439. The van der Waals surface area contributed by atoms with Crippen molar-refractivity contribution < 1.29 is 9.50 Å². The molecule has 4 heteroatoms. The summed E-state index contributed by atoms with van der Waals surface area (Å²) in [7, 11) is 0. The SMILES string of the molecule is Nc1cc(F)ccc1NC1CCCC1CO. The molecule has 1 aromatic carbocycles. The Morgan fingerprint density at radius 1 is 1.44 bits per heavy atom. The van der Waals surface area contributed by atoms with Gasteiger partial charge >= 0.3 is 0 Å². The fourth-order valence-electron chi connectivity index (χ4n) is 2.31. The standard InChI is InChI=1S/C12H17FN2O/c13-9-4-5-12(10(14)6-9)15-11-3-1-2-8(11)7-16/h4-6,8,11,15-16H,1-3,7,14H2. The fourth-order valence-corrected chi connectivity index (χ4v) is 2.31. The van der Waals surface area contributed by atoms with Crippen LogP contribution in [0.2, 0.25) is 0 Å². The Labute approximate surface area is 94.5 Å². The molecule has 0 amide bonds. The third-order valence-corrected chi connectivity index (χ3v) is 3.25. The lowest BCUT2D eigenvalue weighted by molar-refractivity contribution is 0.222. The van der Waals surface area contributed by atoms with Crippen LogP contribution in [-0.2, 0) is 0 Å². The number of hydrogen-bond acceptors (Lipinski definition) is 3. The zero-order valence-electron chi connectivity index (χ0n) is 9.12. The van der Waals surface area contributed by atoms with E-state index in [4.69, 9.17) is 5.73 Å². The zero-order valence-corrected chi connectivity index (χ0v) is 9.12. The van der Waals surface area contributed by atoms with Gasteiger partial charge in [0.15, 0.2) is 0 Å². The normalized spacial score (nSPS) is 24.6. The van der Waals surface area contributed by atoms with Crippen LogP contribution in [-0.4, -0.2) is 17.8 Å². The molecular formula is C12H17FN2O. The second kappa shape index (κ2) is 4.70. The van der Waals surface area contributed by atoms with Crippen LogP contribution < -0.4 is 11.1 Å². The lowest BCUT2D eigenvalue weighted by Gasteiger charge is -2.21. The minimum Gasteiger partial charge on any atom is -0.397 e. The second-order valence-electron chi connectivity index (χ2n) is 4.36. The number of nitrogens with one attached hydrogen (secondary N) is 1. The molecule has 0 radical (unpaired) electrons. The Kier molecular flexibility index (Phi) is 3.29. The van der Waals surface area contributed by atoms with Gasteiger partial charge in [0.2, 0.25) is 0 Å². The second-order valence-corrected chi connectivity index (χ2v) is 4.36. The van der Waals surface area contributed by atoms with Gasteiger partial charge in [-0.1, -0.05) is 6.42 Å². The first-order valence-corrected chi connectivity index (χ1v) is 5.63. The molecule has 1 aromatic rings. The van der Waals surface area contributed by atoms with Crippen molar-refractivity contribution in [3.05, 3.63) is 24.0 Å². The van der Waals surface area contributed by atoms with Gasteiger partial charge < -0.3 is 16.2 Å². The van der Waals surface area contributed by atoms with Gasteiger partial charge in [-0.3, -0.25) is 0 Å². The van der Waals surface area contributed by atoms with E-state index >= 15 is 0 Å². The minimum atomic E-state index is -0.326. The number of anilines is 2. The summed E-state index contributed by atoms with van der Waals surface area (Å²) >= 11 is 0. The molecule has 0 saturated heterocycles. The van der Waals surface area contributed by atoms with Crippen molar-refractivity contribution >= 4 is 11.4 Å². The number of halogens is 1. The van der Waals surface area contributed by atoms with Gasteiger partial charge in [0, 0.05) is 18.6 Å². The van der Waals surface area contributed by atoms with Crippen LogP contribution in [0.5, 0.6) is 0 Å². The van der Waals surface area contributed by atoms with Crippen molar-refractivity contribution in [1.29, 1.82) is 0 Å². The highest BCUT2D eigenvalue weighted by molar-refractivity contribution is 5.66. The molecule has 16 heavy (non-hydrogen) atoms. The van der Waals surface area contributed by atoms with Gasteiger partial charge in [-0.25, -0.2) is 4.39 Å². The zero-order chi connectivity index (χ0) is 11.5. The number of nitrogen functional groups attached to an aromatic ring is 1. The first-order valence-electron chi connectivity index (χ1n) is 5.63. The molecule has 0 aromatic heterocycles. The Hall–Kier alpha value is -1.29. The van der Waals surface area contributed by atoms with Crippen molar-refractivity contribution in [3.63, 3.8) is 0 Å². The molecule has 2 rings (SSSR count). The van der Waals surface area contributed by atoms with Crippen molar-refractivity contribution in [2.75, 3.05) is 17.7 Å². The lowest BCUT2D eigenvalue weighted by Crippen LogP contribution is -2.26.